The van der Waals surface area contributed by atoms with Crippen LogP contribution in [0.5, 0.6) is 0 Å². The fraction of sp³-hybridized carbons (Fsp3) is 0.733. The first-order valence-corrected chi connectivity index (χ1v) is 7.36. The lowest BCUT2D eigenvalue weighted by molar-refractivity contribution is -0.0850. The van der Waals surface area contributed by atoms with E-state index in [0.29, 0.717) is 12.6 Å². The van der Waals surface area contributed by atoms with E-state index in [1.165, 1.54) is 32.1 Å². The van der Waals surface area contributed by atoms with Crippen molar-refractivity contribution in [1.29, 1.82) is 0 Å². The van der Waals surface area contributed by atoms with Gasteiger partial charge >= 0.3 is 0 Å². The summed E-state index contributed by atoms with van der Waals surface area (Å²) in [6, 6.07) is 5.90. The quantitative estimate of drug-likeness (QED) is 0.891. The van der Waals surface area contributed by atoms with Gasteiger partial charge in [-0.3, -0.25) is 4.90 Å². The lowest BCUT2D eigenvalue weighted by atomic mass is 9.63. The first-order valence-electron chi connectivity index (χ1n) is 7.36. The number of nitrogens with two attached hydrogens (primary N) is 1. The Kier molecular flexibility index (Phi) is 2.52. The lowest BCUT2D eigenvalue weighted by Crippen LogP contribution is -2.59. The summed E-state index contributed by atoms with van der Waals surface area (Å²) >= 11 is 0. The van der Waals surface area contributed by atoms with E-state index in [-0.39, 0.29) is 0 Å². The maximum atomic E-state index is 6.04. The average Bonchev–Trinajstić information content (AvgIpc) is 2.86. The van der Waals surface area contributed by atoms with Crippen LogP contribution in [0, 0.1) is 11.8 Å². The van der Waals surface area contributed by atoms with Crippen molar-refractivity contribution in [1.82, 2.24) is 4.90 Å². The SMILES string of the molecule is NCC(c1ccco1)N1C2CC3CC(C2)CC1C3. The Hall–Kier alpha value is -0.800. The second-order valence-corrected chi connectivity index (χ2v) is 6.43. The van der Waals surface area contributed by atoms with E-state index in [9.17, 15) is 0 Å². The van der Waals surface area contributed by atoms with Crippen molar-refractivity contribution in [2.45, 2.75) is 50.2 Å². The summed E-state index contributed by atoms with van der Waals surface area (Å²) in [6.45, 7) is 0.676. The number of hydrogen-bond acceptors (Lipinski definition) is 3. The van der Waals surface area contributed by atoms with Crippen molar-refractivity contribution in [3.05, 3.63) is 24.2 Å². The highest BCUT2D eigenvalue weighted by molar-refractivity contribution is 5.11. The Labute approximate surface area is 108 Å². The molecule has 18 heavy (non-hydrogen) atoms. The van der Waals surface area contributed by atoms with E-state index in [2.05, 4.69) is 11.0 Å². The van der Waals surface area contributed by atoms with Crippen LogP contribution < -0.4 is 5.73 Å². The molecule has 2 aliphatic carbocycles. The third-order valence-corrected chi connectivity index (χ3v) is 5.39. The predicted octanol–water partition coefficient (Wildman–Crippen LogP) is 2.54. The minimum absolute atomic E-state index is 0.301. The molecule has 1 atom stereocenters. The van der Waals surface area contributed by atoms with Crippen LogP contribution in [0.25, 0.3) is 0 Å². The van der Waals surface area contributed by atoms with Crippen LogP contribution in [-0.4, -0.2) is 23.5 Å². The number of hydrogen-bond donors (Lipinski definition) is 1. The summed E-state index contributed by atoms with van der Waals surface area (Å²) < 4.78 is 5.62. The van der Waals surface area contributed by atoms with Crippen LogP contribution in [-0.2, 0) is 0 Å². The molecule has 1 aromatic rings. The van der Waals surface area contributed by atoms with Gasteiger partial charge in [0.1, 0.15) is 5.76 Å². The highest BCUT2D eigenvalue weighted by Gasteiger charge is 2.49. The molecule has 4 aliphatic rings. The Balaban J connectivity index is 1.64. The largest absolute Gasteiger partial charge is 0.468 e. The molecule has 2 saturated carbocycles. The third-order valence-electron chi connectivity index (χ3n) is 5.39. The topological polar surface area (TPSA) is 42.4 Å². The first-order chi connectivity index (χ1) is 8.85. The molecular weight excluding hydrogens is 224 g/mol. The highest BCUT2D eigenvalue weighted by atomic mass is 16.3. The van der Waals surface area contributed by atoms with Gasteiger partial charge in [-0.2, -0.15) is 0 Å². The van der Waals surface area contributed by atoms with Gasteiger partial charge in [0.05, 0.1) is 12.3 Å². The first kappa shape index (κ1) is 11.1. The minimum Gasteiger partial charge on any atom is -0.468 e. The molecule has 2 saturated heterocycles. The molecule has 98 valence electrons. The van der Waals surface area contributed by atoms with Crippen molar-refractivity contribution in [2.75, 3.05) is 6.54 Å². The van der Waals surface area contributed by atoms with Crippen molar-refractivity contribution < 1.29 is 4.42 Å². The normalized spacial score (nSPS) is 40.3. The molecule has 4 fully saturated rings. The van der Waals surface area contributed by atoms with Crippen LogP contribution in [0.4, 0.5) is 0 Å². The smallest absolute Gasteiger partial charge is 0.122 e. The Morgan fingerprint density at radius 1 is 1.17 bits per heavy atom. The molecule has 3 heteroatoms. The standard InChI is InChI=1S/C15H22N2O/c16-9-14(15-2-1-3-18-15)17-12-5-10-4-11(7-12)8-13(17)6-10/h1-3,10-14H,4-9,16H2. The van der Waals surface area contributed by atoms with Gasteiger partial charge in [0.25, 0.3) is 0 Å². The van der Waals surface area contributed by atoms with Crippen LogP contribution in [0.15, 0.2) is 22.8 Å². The van der Waals surface area contributed by atoms with Crippen molar-refractivity contribution in [3.63, 3.8) is 0 Å². The molecule has 3 heterocycles. The summed E-state index contributed by atoms with van der Waals surface area (Å²) in [6.07, 6.45) is 8.84. The number of piperidine rings is 2. The number of nitrogens with zero attached hydrogens (tertiary/aromatic N) is 1. The van der Waals surface area contributed by atoms with Crippen LogP contribution >= 0.6 is 0 Å². The van der Waals surface area contributed by atoms with E-state index in [1.807, 2.05) is 6.07 Å². The molecule has 0 radical (unpaired) electrons. The van der Waals surface area contributed by atoms with Crippen LogP contribution in [0.2, 0.25) is 0 Å². The zero-order chi connectivity index (χ0) is 12.1. The van der Waals surface area contributed by atoms with E-state index in [0.717, 1.165) is 29.7 Å². The Morgan fingerprint density at radius 3 is 2.33 bits per heavy atom. The summed E-state index contributed by atoms with van der Waals surface area (Å²) in [7, 11) is 0. The van der Waals surface area contributed by atoms with E-state index < -0.39 is 0 Å². The molecule has 4 bridgehead atoms. The van der Waals surface area contributed by atoms with E-state index in [4.69, 9.17) is 10.2 Å². The van der Waals surface area contributed by atoms with E-state index >= 15 is 0 Å². The van der Waals surface area contributed by atoms with Crippen molar-refractivity contribution >= 4 is 0 Å². The zero-order valence-corrected chi connectivity index (χ0v) is 10.8. The molecule has 2 aliphatic heterocycles. The predicted molar refractivity (Wildman–Crippen MR) is 70.0 cm³/mol. The van der Waals surface area contributed by atoms with Crippen molar-refractivity contribution in [3.8, 4) is 0 Å². The summed E-state index contributed by atoms with van der Waals surface area (Å²) in [5, 5.41) is 0. The monoisotopic (exact) mass is 246 g/mol. The second-order valence-electron chi connectivity index (χ2n) is 6.43. The van der Waals surface area contributed by atoms with Gasteiger partial charge in [0.2, 0.25) is 0 Å². The minimum atomic E-state index is 0.301. The molecule has 1 unspecified atom stereocenters. The maximum Gasteiger partial charge on any atom is 0.122 e. The lowest BCUT2D eigenvalue weighted by Gasteiger charge is -2.58. The molecule has 0 aromatic carbocycles. The molecule has 0 amide bonds. The number of furan rings is 1. The molecule has 3 nitrogen and oxygen atoms in total. The van der Waals surface area contributed by atoms with Gasteiger partial charge in [-0.25, -0.2) is 0 Å². The van der Waals surface area contributed by atoms with Gasteiger partial charge in [0, 0.05) is 18.6 Å². The van der Waals surface area contributed by atoms with Gasteiger partial charge < -0.3 is 10.2 Å². The Morgan fingerprint density at radius 2 is 1.83 bits per heavy atom. The second kappa shape index (κ2) is 4.10. The number of rotatable bonds is 3. The van der Waals surface area contributed by atoms with Gasteiger partial charge in [0.15, 0.2) is 0 Å². The van der Waals surface area contributed by atoms with Gasteiger partial charge in [-0.05, 0) is 56.1 Å². The fourth-order valence-corrected chi connectivity index (χ4v) is 4.94. The van der Waals surface area contributed by atoms with E-state index in [1.54, 1.807) is 6.26 Å². The zero-order valence-electron chi connectivity index (χ0n) is 10.8. The average molecular weight is 246 g/mol. The van der Waals surface area contributed by atoms with Crippen LogP contribution in [0.1, 0.15) is 43.9 Å². The summed E-state index contributed by atoms with van der Waals surface area (Å²) in [5.74, 6) is 3.06. The molecular formula is C15H22N2O. The summed E-state index contributed by atoms with van der Waals surface area (Å²) in [5.41, 5.74) is 6.04. The van der Waals surface area contributed by atoms with Gasteiger partial charge in [-0.15, -0.1) is 0 Å². The summed E-state index contributed by atoms with van der Waals surface area (Å²) in [4.78, 5) is 2.70. The molecule has 0 spiro atoms. The molecule has 2 N–H and O–H groups in total. The fourth-order valence-electron chi connectivity index (χ4n) is 4.94. The highest BCUT2D eigenvalue weighted by Crippen LogP contribution is 2.51. The van der Waals surface area contributed by atoms with Crippen molar-refractivity contribution in [2.24, 2.45) is 17.6 Å². The molecule has 5 rings (SSSR count). The Bertz CT molecular complexity index is 386. The third kappa shape index (κ3) is 1.57. The van der Waals surface area contributed by atoms with Crippen LogP contribution in [0.3, 0.4) is 0 Å². The van der Waals surface area contributed by atoms with Gasteiger partial charge in [-0.1, -0.05) is 0 Å². The maximum absolute atomic E-state index is 6.04. The molecule has 1 aromatic heterocycles.